The Morgan fingerprint density at radius 2 is 1.71 bits per heavy atom. The number of nitrogens with one attached hydrogen (secondary N) is 2. The summed E-state index contributed by atoms with van der Waals surface area (Å²) < 4.78 is 0. The molecule has 0 saturated heterocycles. The van der Waals surface area contributed by atoms with Gasteiger partial charge in [0.2, 0.25) is 5.91 Å². The predicted octanol–water partition coefficient (Wildman–Crippen LogP) is 0.776. The van der Waals surface area contributed by atoms with E-state index in [4.69, 9.17) is 11.6 Å². The average Bonchev–Trinajstić information content (AvgIpc) is 2.81. The first-order chi connectivity index (χ1) is 11.4. The summed E-state index contributed by atoms with van der Waals surface area (Å²) in [7, 11) is 0. The van der Waals surface area contributed by atoms with Crippen molar-refractivity contribution in [1.29, 1.82) is 0 Å². The van der Waals surface area contributed by atoms with Crippen LogP contribution in [0.4, 0.5) is 0 Å². The molecule has 1 heterocycles. The Balaban J connectivity index is 2.05. The summed E-state index contributed by atoms with van der Waals surface area (Å²) >= 11 is 5.34. The number of amides is 4. The molecule has 0 saturated carbocycles. The van der Waals surface area contributed by atoms with Gasteiger partial charge in [0.05, 0.1) is 11.1 Å². The summed E-state index contributed by atoms with van der Waals surface area (Å²) in [6.45, 7) is 3.99. The first-order valence-corrected chi connectivity index (χ1v) is 8.03. The summed E-state index contributed by atoms with van der Waals surface area (Å²) in [5.41, 5.74) is 0.820. The number of imide groups is 1. The molecule has 0 fully saturated rings. The molecule has 2 rings (SSSR count). The number of fused-ring (bicyclic) bond motifs is 1. The van der Waals surface area contributed by atoms with E-state index in [9.17, 15) is 19.2 Å². The van der Waals surface area contributed by atoms with Crippen molar-refractivity contribution in [3.63, 3.8) is 0 Å². The Bertz CT molecular complexity index is 703. The second-order valence-corrected chi connectivity index (χ2v) is 5.84. The van der Waals surface area contributed by atoms with Gasteiger partial charge >= 0.3 is 0 Å². The van der Waals surface area contributed by atoms with E-state index in [2.05, 4.69) is 10.6 Å². The van der Waals surface area contributed by atoms with Gasteiger partial charge in [0, 0.05) is 24.7 Å². The topological polar surface area (TPSA) is 95.6 Å². The molecule has 8 heteroatoms. The van der Waals surface area contributed by atoms with Crippen LogP contribution >= 0.6 is 11.6 Å². The predicted molar refractivity (Wildman–Crippen MR) is 88.1 cm³/mol. The van der Waals surface area contributed by atoms with Crippen molar-refractivity contribution in [2.75, 3.05) is 19.0 Å². The molecular weight excluding hydrogens is 334 g/mol. The first-order valence-electron chi connectivity index (χ1n) is 7.49. The van der Waals surface area contributed by atoms with Gasteiger partial charge in [0.1, 0.15) is 5.88 Å². The molecule has 0 aromatic heterocycles. The number of alkyl halides is 1. The van der Waals surface area contributed by atoms with E-state index >= 15 is 0 Å². The fourth-order valence-electron chi connectivity index (χ4n) is 2.40. The van der Waals surface area contributed by atoms with Crippen molar-refractivity contribution >= 4 is 35.2 Å². The minimum absolute atomic E-state index is 0.138. The zero-order valence-electron chi connectivity index (χ0n) is 13.4. The summed E-state index contributed by atoms with van der Waals surface area (Å²) in [6, 6.07) is 4.16. The molecule has 1 aromatic rings. The van der Waals surface area contributed by atoms with Gasteiger partial charge in [-0.3, -0.25) is 24.1 Å². The number of nitrogens with zero attached hydrogens (tertiary/aromatic N) is 1. The maximum Gasteiger partial charge on any atom is 0.261 e. The van der Waals surface area contributed by atoms with Gasteiger partial charge in [-0.15, -0.1) is 11.6 Å². The number of rotatable bonds is 6. The molecule has 0 aliphatic carbocycles. The number of carbonyl (C=O) groups excluding carboxylic acids is 4. The molecule has 1 aliphatic rings. The van der Waals surface area contributed by atoms with Crippen LogP contribution in [0.3, 0.4) is 0 Å². The minimum atomic E-state index is -0.394. The van der Waals surface area contributed by atoms with Crippen LogP contribution in [0.2, 0.25) is 0 Å². The highest BCUT2D eigenvalue weighted by Crippen LogP contribution is 2.25. The van der Waals surface area contributed by atoms with E-state index in [-0.39, 0.29) is 53.9 Å². The van der Waals surface area contributed by atoms with Crippen molar-refractivity contribution in [3.05, 3.63) is 34.9 Å². The minimum Gasteiger partial charge on any atom is -0.353 e. The van der Waals surface area contributed by atoms with Crippen molar-refractivity contribution < 1.29 is 19.2 Å². The number of hydrogen-bond acceptors (Lipinski definition) is 4. The third-order valence-corrected chi connectivity index (χ3v) is 3.79. The third kappa shape index (κ3) is 3.56. The normalized spacial score (nSPS) is 13.2. The van der Waals surface area contributed by atoms with Gasteiger partial charge < -0.3 is 10.6 Å². The monoisotopic (exact) mass is 351 g/mol. The van der Waals surface area contributed by atoms with Crippen LogP contribution in [-0.4, -0.2) is 53.5 Å². The van der Waals surface area contributed by atoms with Gasteiger partial charge in [0.25, 0.3) is 17.7 Å². The Labute approximate surface area is 144 Å². The molecule has 0 unspecified atom stereocenters. The fraction of sp³-hybridized carbons (Fsp3) is 0.375. The molecular formula is C16H18ClN3O4. The van der Waals surface area contributed by atoms with E-state index in [0.29, 0.717) is 5.56 Å². The molecule has 128 valence electrons. The van der Waals surface area contributed by atoms with Crippen LogP contribution in [0.1, 0.15) is 44.9 Å². The van der Waals surface area contributed by atoms with Gasteiger partial charge in [-0.2, -0.15) is 0 Å². The Morgan fingerprint density at radius 1 is 1.08 bits per heavy atom. The van der Waals surface area contributed by atoms with Gasteiger partial charge in [-0.05, 0) is 32.0 Å². The van der Waals surface area contributed by atoms with Crippen molar-refractivity contribution in [3.8, 4) is 0 Å². The Hall–Kier alpha value is -2.41. The van der Waals surface area contributed by atoms with Crippen LogP contribution in [0, 0.1) is 0 Å². The smallest absolute Gasteiger partial charge is 0.261 e. The summed E-state index contributed by atoms with van der Waals surface area (Å²) in [6.07, 6.45) is 0. The van der Waals surface area contributed by atoms with Crippen molar-refractivity contribution in [2.24, 2.45) is 0 Å². The number of hydrogen-bond donors (Lipinski definition) is 2. The molecule has 1 aliphatic heterocycles. The van der Waals surface area contributed by atoms with Crippen LogP contribution in [0.15, 0.2) is 18.2 Å². The molecule has 7 nitrogen and oxygen atoms in total. The Kier molecular flexibility index (Phi) is 5.56. The maximum absolute atomic E-state index is 12.3. The van der Waals surface area contributed by atoms with Crippen molar-refractivity contribution in [2.45, 2.75) is 19.9 Å². The Morgan fingerprint density at radius 3 is 2.33 bits per heavy atom. The molecule has 0 bridgehead atoms. The molecule has 0 spiro atoms. The lowest BCUT2D eigenvalue weighted by atomic mass is 10.1. The number of halogens is 1. The second kappa shape index (κ2) is 7.44. The lowest BCUT2D eigenvalue weighted by Gasteiger charge is -2.17. The molecule has 4 amide bonds. The van der Waals surface area contributed by atoms with Crippen LogP contribution < -0.4 is 10.6 Å². The highest BCUT2D eigenvalue weighted by atomic mass is 35.5. The highest BCUT2D eigenvalue weighted by Gasteiger charge is 2.37. The molecule has 0 radical (unpaired) electrons. The molecule has 1 aromatic carbocycles. The second-order valence-electron chi connectivity index (χ2n) is 5.57. The van der Waals surface area contributed by atoms with Gasteiger partial charge in [-0.1, -0.05) is 0 Å². The van der Waals surface area contributed by atoms with Gasteiger partial charge in [-0.25, -0.2) is 0 Å². The van der Waals surface area contributed by atoms with E-state index in [1.54, 1.807) is 13.8 Å². The quantitative estimate of drug-likeness (QED) is 0.449. The van der Waals surface area contributed by atoms with Crippen LogP contribution in [0.25, 0.3) is 0 Å². The zero-order valence-corrected chi connectivity index (χ0v) is 14.1. The standard InChI is InChI=1S/C16H18ClN3O4/c1-9(2)20-15(23)11-4-3-10(7-12(11)16(20)24)14(22)19-6-5-18-13(21)8-17/h3-4,7,9H,5-6,8H2,1-2H3,(H,18,21)(H,19,22). The average molecular weight is 352 g/mol. The van der Waals surface area contributed by atoms with E-state index in [1.165, 1.54) is 23.1 Å². The number of carbonyl (C=O) groups is 4. The maximum atomic E-state index is 12.3. The SMILES string of the molecule is CC(C)N1C(=O)c2ccc(C(=O)NCCNC(=O)CCl)cc2C1=O. The van der Waals surface area contributed by atoms with E-state index < -0.39 is 5.91 Å². The summed E-state index contributed by atoms with van der Waals surface area (Å²) in [5.74, 6) is -1.58. The molecule has 0 atom stereocenters. The summed E-state index contributed by atoms with van der Waals surface area (Å²) in [4.78, 5) is 48.7. The zero-order chi connectivity index (χ0) is 17.9. The van der Waals surface area contributed by atoms with Crippen LogP contribution in [0.5, 0.6) is 0 Å². The van der Waals surface area contributed by atoms with Crippen molar-refractivity contribution in [1.82, 2.24) is 15.5 Å². The molecule has 2 N–H and O–H groups in total. The summed E-state index contributed by atoms with van der Waals surface area (Å²) in [5, 5.41) is 5.14. The molecule has 24 heavy (non-hydrogen) atoms. The lowest BCUT2D eigenvalue weighted by Crippen LogP contribution is -2.36. The largest absolute Gasteiger partial charge is 0.353 e. The fourth-order valence-corrected chi connectivity index (χ4v) is 2.49. The van der Waals surface area contributed by atoms with Gasteiger partial charge in [0.15, 0.2) is 0 Å². The van der Waals surface area contributed by atoms with E-state index in [1.807, 2.05) is 0 Å². The van der Waals surface area contributed by atoms with E-state index in [0.717, 1.165) is 0 Å². The number of benzene rings is 1. The lowest BCUT2D eigenvalue weighted by molar-refractivity contribution is -0.118. The van der Waals surface area contributed by atoms with Crippen LogP contribution in [-0.2, 0) is 4.79 Å². The third-order valence-electron chi connectivity index (χ3n) is 3.55. The highest BCUT2D eigenvalue weighted by molar-refractivity contribution is 6.27. The first kappa shape index (κ1) is 17.9.